The minimum absolute atomic E-state index is 0.470. The van der Waals surface area contributed by atoms with Crippen LogP contribution >= 0.6 is 7.92 Å². The molecule has 2 nitrogen and oxygen atoms in total. The first-order valence-corrected chi connectivity index (χ1v) is 12.7. The molecule has 0 fully saturated rings. The lowest BCUT2D eigenvalue weighted by atomic mass is 10.2. The fraction of sp³-hybridized carbons (Fsp3) is 0.444. The van der Waals surface area contributed by atoms with Crippen molar-refractivity contribution in [2.24, 2.45) is 0 Å². The predicted molar refractivity (Wildman–Crippen MR) is 136 cm³/mol. The van der Waals surface area contributed by atoms with E-state index in [1.807, 2.05) is 0 Å². The Kier molecular flexibility index (Phi) is 7.19. The Morgan fingerprint density at radius 1 is 0.633 bits per heavy atom. The van der Waals surface area contributed by atoms with Crippen molar-refractivity contribution >= 4 is 29.5 Å². The molecule has 3 rings (SSSR count). The summed E-state index contributed by atoms with van der Waals surface area (Å²) in [6.07, 6.45) is 0. The summed E-state index contributed by atoms with van der Waals surface area (Å²) in [6, 6.07) is 24.1. The molecule has 0 radical (unpaired) electrons. The van der Waals surface area contributed by atoms with E-state index in [0.29, 0.717) is 24.2 Å². The van der Waals surface area contributed by atoms with Gasteiger partial charge in [0.2, 0.25) is 5.36 Å². The molecule has 0 bridgehead atoms. The van der Waals surface area contributed by atoms with E-state index in [9.17, 15) is 0 Å². The molecule has 0 saturated heterocycles. The average molecular weight is 422 g/mol. The summed E-state index contributed by atoms with van der Waals surface area (Å²) in [5.74, 6) is 0. The molecule has 160 valence electrons. The highest BCUT2D eigenvalue weighted by Crippen LogP contribution is 2.39. The van der Waals surface area contributed by atoms with Crippen LogP contribution in [0.25, 0.3) is 0 Å². The van der Waals surface area contributed by atoms with Gasteiger partial charge in [0.25, 0.3) is 0 Å². The molecule has 0 heterocycles. The van der Waals surface area contributed by atoms with Gasteiger partial charge in [-0.1, -0.05) is 60.7 Å². The summed E-state index contributed by atoms with van der Waals surface area (Å²) in [5, 5.41) is 5.91. The van der Waals surface area contributed by atoms with Crippen molar-refractivity contribution in [2.75, 3.05) is 4.90 Å². The molecular weight excluding hydrogens is 383 g/mol. The molecule has 0 aliphatic heterocycles. The molecule has 0 atom stereocenters. The lowest BCUT2D eigenvalue weighted by molar-refractivity contribution is 0.429. The third-order valence-corrected chi connectivity index (χ3v) is 8.10. The summed E-state index contributed by atoms with van der Waals surface area (Å²) in [6.45, 7) is 18.6. The molecule has 0 spiro atoms. The highest BCUT2D eigenvalue weighted by molar-refractivity contribution is 7.80. The standard InChI is InChI=1S/C27H38N2P/c1-19(2)28(20(3)4)25-26(29(21(5)6)22(7)8)27(25)30(23-15-11-9-12-16-23)24-17-13-10-14-18-24/h9-22H,1-8H3/q+1. The van der Waals surface area contributed by atoms with Gasteiger partial charge in [-0.05, 0) is 73.9 Å². The van der Waals surface area contributed by atoms with Crippen LogP contribution in [-0.2, 0) is 0 Å². The van der Waals surface area contributed by atoms with Gasteiger partial charge in [-0.3, -0.25) is 0 Å². The monoisotopic (exact) mass is 421 g/mol. The maximum atomic E-state index is 2.63. The number of benzene rings is 2. The third kappa shape index (κ3) is 4.54. The van der Waals surface area contributed by atoms with Crippen LogP contribution in [0, 0.1) is 0 Å². The smallest absolute Gasteiger partial charge is 0.235 e. The number of hydrogen-bond donors (Lipinski definition) is 0. The Labute approximate surface area is 184 Å². The summed E-state index contributed by atoms with van der Waals surface area (Å²) >= 11 is 0. The molecule has 0 aromatic heterocycles. The van der Waals surface area contributed by atoms with Gasteiger partial charge in [0, 0.05) is 12.1 Å². The maximum Gasteiger partial charge on any atom is 0.235 e. The van der Waals surface area contributed by atoms with Crippen LogP contribution < -0.4 is 30.7 Å². The molecule has 3 aromatic carbocycles. The first-order valence-electron chi connectivity index (χ1n) is 11.3. The van der Waals surface area contributed by atoms with Crippen LogP contribution in [0.1, 0.15) is 55.4 Å². The summed E-state index contributed by atoms with van der Waals surface area (Å²) in [5.41, 5.74) is 1.49. The lowest BCUT2D eigenvalue weighted by Crippen LogP contribution is -2.41. The van der Waals surface area contributed by atoms with Gasteiger partial charge < -0.3 is 4.90 Å². The molecule has 0 N–H and O–H groups in total. The Morgan fingerprint density at radius 3 is 1.37 bits per heavy atom. The van der Waals surface area contributed by atoms with Gasteiger partial charge in [-0.2, -0.15) is 0 Å². The van der Waals surface area contributed by atoms with Crippen molar-refractivity contribution < 1.29 is 0 Å². The normalized spacial score (nSPS) is 12.2. The molecule has 3 heteroatoms. The molecule has 0 unspecified atom stereocenters. The Bertz CT molecular complexity index is 904. The highest BCUT2D eigenvalue weighted by atomic mass is 31.1. The van der Waals surface area contributed by atoms with E-state index in [2.05, 4.69) is 126 Å². The number of anilines is 1. The molecule has 0 aliphatic carbocycles. The Morgan fingerprint density at radius 2 is 1.03 bits per heavy atom. The van der Waals surface area contributed by atoms with Crippen molar-refractivity contribution in [1.82, 2.24) is 4.58 Å². The third-order valence-electron chi connectivity index (χ3n) is 5.60. The first-order chi connectivity index (χ1) is 14.3. The predicted octanol–water partition coefficient (Wildman–Crippen LogP) is 4.53. The van der Waals surface area contributed by atoms with Crippen molar-refractivity contribution in [2.45, 2.75) is 79.6 Å². The SMILES string of the molecule is CC(C)N(c1c(P(c2ccccc2)c2ccccc2)c1=[N+](C(C)C)C(C)C)C(C)C. The molecular formula is C27H38N2P+. The second kappa shape index (κ2) is 9.48. The van der Waals surface area contributed by atoms with Crippen molar-refractivity contribution in [1.29, 1.82) is 0 Å². The zero-order chi connectivity index (χ0) is 22.0. The minimum Gasteiger partial charge on any atom is -0.361 e. The van der Waals surface area contributed by atoms with E-state index in [1.54, 1.807) is 5.30 Å². The fourth-order valence-electron chi connectivity index (χ4n) is 4.65. The van der Waals surface area contributed by atoms with E-state index in [-0.39, 0.29) is 0 Å². The van der Waals surface area contributed by atoms with Gasteiger partial charge in [-0.25, -0.2) is 4.58 Å². The van der Waals surface area contributed by atoms with E-state index in [4.69, 9.17) is 0 Å². The quantitative estimate of drug-likeness (QED) is 0.383. The van der Waals surface area contributed by atoms with E-state index >= 15 is 0 Å². The van der Waals surface area contributed by atoms with Crippen LogP contribution in [0.5, 0.6) is 0 Å². The summed E-state index contributed by atoms with van der Waals surface area (Å²) in [4.78, 5) is 2.63. The first kappa shape index (κ1) is 22.8. The van der Waals surface area contributed by atoms with Crippen LogP contribution in [0.4, 0.5) is 5.69 Å². The molecule has 0 saturated carbocycles. The van der Waals surface area contributed by atoms with E-state index < -0.39 is 7.92 Å². The van der Waals surface area contributed by atoms with Crippen LogP contribution in [0.15, 0.2) is 60.7 Å². The number of hydrogen-bond acceptors (Lipinski definition) is 1. The Hall–Kier alpha value is -1.92. The summed E-state index contributed by atoms with van der Waals surface area (Å²) < 4.78 is 2.63. The topological polar surface area (TPSA) is 6.25 Å². The van der Waals surface area contributed by atoms with Crippen molar-refractivity contribution in [3.05, 3.63) is 66.0 Å². The van der Waals surface area contributed by atoms with Gasteiger partial charge in [-0.15, -0.1) is 0 Å². The van der Waals surface area contributed by atoms with Gasteiger partial charge >= 0.3 is 0 Å². The zero-order valence-electron chi connectivity index (χ0n) is 19.9. The van der Waals surface area contributed by atoms with Crippen molar-refractivity contribution in [3.63, 3.8) is 0 Å². The lowest BCUT2D eigenvalue weighted by Gasteiger charge is -2.29. The summed E-state index contributed by atoms with van der Waals surface area (Å²) in [7, 11) is -0.582. The maximum absolute atomic E-state index is 2.63. The average Bonchev–Trinajstić information content (AvgIpc) is 3.35. The molecule has 0 amide bonds. The Balaban J connectivity index is 2.33. The molecule has 3 aromatic rings. The number of rotatable bonds is 8. The molecule has 0 aliphatic rings. The fourth-order valence-corrected chi connectivity index (χ4v) is 7.21. The van der Waals surface area contributed by atoms with E-state index in [0.717, 1.165) is 0 Å². The van der Waals surface area contributed by atoms with Crippen LogP contribution in [0.3, 0.4) is 0 Å². The van der Waals surface area contributed by atoms with Crippen LogP contribution in [-0.4, -0.2) is 24.2 Å². The van der Waals surface area contributed by atoms with Crippen LogP contribution in [0.2, 0.25) is 0 Å². The van der Waals surface area contributed by atoms with Crippen molar-refractivity contribution in [3.8, 4) is 0 Å². The largest absolute Gasteiger partial charge is 0.361 e. The molecule has 30 heavy (non-hydrogen) atoms. The van der Waals surface area contributed by atoms with Gasteiger partial charge in [0.05, 0.1) is 5.30 Å². The minimum atomic E-state index is -0.582. The van der Waals surface area contributed by atoms with Gasteiger partial charge in [0.15, 0.2) is 0 Å². The highest BCUT2D eigenvalue weighted by Gasteiger charge is 2.42. The van der Waals surface area contributed by atoms with Gasteiger partial charge in [0.1, 0.15) is 17.8 Å². The zero-order valence-corrected chi connectivity index (χ0v) is 20.8. The second-order valence-corrected chi connectivity index (χ2v) is 11.4. The second-order valence-electron chi connectivity index (χ2n) is 9.24. The number of nitrogens with zero attached hydrogens (tertiary/aromatic N) is 2. The van der Waals surface area contributed by atoms with E-state index in [1.165, 1.54) is 21.7 Å².